The highest BCUT2D eigenvalue weighted by atomic mass is 16.2. The fraction of sp³-hybridized carbons (Fsp3) is 0.923. The largest absolute Gasteiger partial charge is 0.352 e. The molecule has 1 unspecified atom stereocenters. The van der Waals surface area contributed by atoms with Gasteiger partial charge >= 0.3 is 0 Å². The molecule has 1 rings (SSSR count). The van der Waals surface area contributed by atoms with Crippen molar-refractivity contribution in [2.75, 3.05) is 13.1 Å². The Morgan fingerprint density at radius 1 is 1.50 bits per heavy atom. The summed E-state index contributed by atoms with van der Waals surface area (Å²) in [6.07, 6.45) is 3.21. The predicted octanol–water partition coefficient (Wildman–Crippen LogP) is 1.93. The van der Waals surface area contributed by atoms with Crippen molar-refractivity contribution in [1.82, 2.24) is 10.6 Å². The summed E-state index contributed by atoms with van der Waals surface area (Å²) in [6.45, 7) is 10.4. The molecule has 1 aliphatic heterocycles. The minimum atomic E-state index is -0.244. The number of hydrogen-bond donors (Lipinski definition) is 2. The van der Waals surface area contributed by atoms with Gasteiger partial charge in [-0.15, -0.1) is 0 Å². The fourth-order valence-corrected chi connectivity index (χ4v) is 2.47. The monoisotopic (exact) mass is 226 g/mol. The van der Waals surface area contributed by atoms with E-state index in [1.54, 1.807) is 0 Å². The van der Waals surface area contributed by atoms with Crippen molar-refractivity contribution in [2.45, 2.75) is 53.0 Å². The molecule has 1 amide bonds. The number of nitrogens with one attached hydrogen (secondary N) is 2. The minimum absolute atomic E-state index is 0.204. The van der Waals surface area contributed by atoms with Crippen LogP contribution in [0, 0.1) is 11.3 Å². The van der Waals surface area contributed by atoms with Gasteiger partial charge in [-0.25, -0.2) is 0 Å². The lowest BCUT2D eigenvalue weighted by atomic mass is 9.83. The lowest BCUT2D eigenvalue weighted by Gasteiger charge is -2.30. The Balaban J connectivity index is 2.43. The highest BCUT2D eigenvalue weighted by Gasteiger charge is 2.30. The van der Waals surface area contributed by atoms with Gasteiger partial charge in [-0.2, -0.15) is 0 Å². The molecule has 1 saturated heterocycles. The van der Waals surface area contributed by atoms with Crippen LogP contribution >= 0.6 is 0 Å². The molecule has 0 aromatic rings. The third kappa shape index (κ3) is 4.12. The topological polar surface area (TPSA) is 41.1 Å². The van der Waals surface area contributed by atoms with E-state index >= 15 is 0 Å². The van der Waals surface area contributed by atoms with Crippen LogP contribution in [0.2, 0.25) is 0 Å². The molecular formula is C13H26N2O. The second kappa shape index (κ2) is 5.67. The molecule has 1 heterocycles. The van der Waals surface area contributed by atoms with Crippen molar-refractivity contribution in [2.24, 2.45) is 11.3 Å². The summed E-state index contributed by atoms with van der Waals surface area (Å²) in [7, 11) is 0. The first kappa shape index (κ1) is 13.5. The second-order valence-electron chi connectivity index (χ2n) is 6.00. The van der Waals surface area contributed by atoms with E-state index in [0.29, 0.717) is 12.0 Å². The molecule has 0 aromatic heterocycles. The SMILES string of the molecule is CC(C)CC(C)(C)C(=O)NC1CCCNC1. The third-order valence-electron chi connectivity index (χ3n) is 3.17. The van der Waals surface area contributed by atoms with Gasteiger partial charge in [0.15, 0.2) is 0 Å². The van der Waals surface area contributed by atoms with E-state index in [-0.39, 0.29) is 11.3 Å². The van der Waals surface area contributed by atoms with Crippen LogP contribution in [0.15, 0.2) is 0 Å². The van der Waals surface area contributed by atoms with E-state index in [4.69, 9.17) is 0 Å². The Morgan fingerprint density at radius 2 is 2.19 bits per heavy atom. The molecule has 0 aromatic carbocycles. The van der Waals surface area contributed by atoms with Crippen LogP contribution < -0.4 is 10.6 Å². The van der Waals surface area contributed by atoms with Crippen molar-refractivity contribution in [3.8, 4) is 0 Å². The van der Waals surface area contributed by atoms with Crippen molar-refractivity contribution < 1.29 is 4.79 Å². The lowest BCUT2D eigenvalue weighted by Crippen LogP contribution is -2.49. The maximum absolute atomic E-state index is 12.1. The molecular weight excluding hydrogens is 200 g/mol. The molecule has 0 saturated carbocycles. The van der Waals surface area contributed by atoms with Gasteiger partial charge in [-0.3, -0.25) is 4.79 Å². The average molecular weight is 226 g/mol. The second-order valence-corrected chi connectivity index (χ2v) is 6.00. The molecule has 3 heteroatoms. The fourth-order valence-electron chi connectivity index (χ4n) is 2.47. The van der Waals surface area contributed by atoms with Gasteiger partial charge in [-0.05, 0) is 31.7 Å². The first-order valence-electron chi connectivity index (χ1n) is 6.43. The first-order valence-corrected chi connectivity index (χ1v) is 6.43. The summed E-state index contributed by atoms with van der Waals surface area (Å²) < 4.78 is 0. The van der Waals surface area contributed by atoms with Crippen LogP contribution in [0.4, 0.5) is 0 Å². The molecule has 0 bridgehead atoms. The van der Waals surface area contributed by atoms with Crippen LogP contribution in [-0.4, -0.2) is 25.0 Å². The molecule has 1 aliphatic rings. The van der Waals surface area contributed by atoms with Gasteiger partial charge < -0.3 is 10.6 Å². The molecule has 1 fully saturated rings. The molecule has 0 aliphatic carbocycles. The number of carbonyl (C=O) groups is 1. The summed E-state index contributed by atoms with van der Waals surface area (Å²) in [4.78, 5) is 12.1. The summed E-state index contributed by atoms with van der Waals surface area (Å²) in [6, 6.07) is 0.327. The Labute approximate surface area is 99.4 Å². The average Bonchev–Trinajstić information content (AvgIpc) is 2.17. The highest BCUT2D eigenvalue weighted by Crippen LogP contribution is 2.25. The summed E-state index contributed by atoms with van der Waals surface area (Å²) in [5.41, 5.74) is -0.244. The summed E-state index contributed by atoms with van der Waals surface area (Å²) in [5.74, 6) is 0.764. The predicted molar refractivity (Wildman–Crippen MR) is 67.3 cm³/mol. The quantitative estimate of drug-likeness (QED) is 0.769. The van der Waals surface area contributed by atoms with Crippen LogP contribution in [0.5, 0.6) is 0 Å². The lowest BCUT2D eigenvalue weighted by molar-refractivity contribution is -0.131. The van der Waals surface area contributed by atoms with E-state index in [9.17, 15) is 4.79 Å². The van der Waals surface area contributed by atoms with Crippen LogP contribution in [0.1, 0.15) is 47.0 Å². The molecule has 94 valence electrons. The van der Waals surface area contributed by atoms with Gasteiger partial charge in [0.25, 0.3) is 0 Å². The van der Waals surface area contributed by atoms with Gasteiger partial charge in [0.2, 0.25) is 5.91 Å². The standard InChI is InChI=1S/C13H26N2O/c1-10(2)8-13(3,4)12(16)15-11-6-5-7-14-9-11/h10-11,14H,5-9H2,1-4H3,(H,15,16). The molecule has 3 nitrogen and oxygen atoms in total. The summed E-state index contributed by atoms with van der Waals surface area (Å²) >= 11 is 0. The zero-order chi connectivity index (χ0) is 12.2. The molecule has 1 atom stereocenters. The molecule has 0 spiro atoms. The normalized spacial score (nSPS) is 22.2. The van der Waals surface area contributed by atoms with Crippen molar-refractivity contribution in [3.63, 3.8) is 0 Å². The minimum Gasteiger partial charge on any atom is -0.352 e. The maximum Gasteiger partial charge on any atom is 0.225 e. The zero-order valence-corrected chi connectivity index (χ0v) is 11.1. The number of amides is 1. The van der Waals surface area contributed by atoms with E-state index in [0.717, 1.165) is 32.4 Å². The van der Waals surface area contributed by atoms with Crippen molar-refractivity contribution in [3.05, 3.63) is 0 Å². The Hall–Kier alpha value is -0.570. The Morgan fingerprint density at radius 3 is 2.69 bits per heavy atom. The molecule has 2 N–H and O–H groups in total. The smallest absolute Gasteiger partial charge is 0.225 e. The third-order valence-corrected chi connectivity index (χ3v) is 3.17. The van der Waals surface area contributed by atoms with Gasteiger partial charge in [0, 0.05) is 18.0 Å². The van der Waals surface area contributed by atoms with E-state index in [1.165, 1.54) is 0 Å². The number of hydrogen-bond acceptors (Lipinski definition) is 2. The van der Waals surface area contributed by atoms with Crippen molar-refractivity contribution in [1.29, 1.82) is 0 Å². The number of rotatable bonds is 4. The molecule has 0 radical (unpaired) electrons. The highest BCUT2D eigenvalue weighted by molar-refractivity contribution is 5.82. The van der Waals surface area contributed by atoms with Gasteiger partial charge in [-0.1, -0.05) is 27.7 Å². The number of carbonyl (C=O) groups excluding carboxylic acids is 1. The summed E-state index contributed by atoms with van der Waals surface area (Å²) in [5, 5.41) is 6.48. The Kier molecular flexibility index (Phi) is 4.78. The number of piperidine rings is 1. The van der Waals surface area contributed by atoms with Gasteiger partial charge in [0.1, 0.15) is 0 Å². The first-order chi connectivity index (χ1) is 7.42. The van der Waals surface area contributed by atoms with Crippen LogP contribution in [-0.2, 0) is 4.79 Å². The zero-order valence-electron chi connectivity index (χ0n) is 11.1. The van der Waals surface area contributed by atoms with Crippen LogP contribution in [0.25, 0.3) is 0 Å². The van der Waals surface area contributed by atoms with E-state index in [1.807, 2.05) is 13.8 Å². The van der Waals surface area contributed by atoms with Gasteiger partial charge in [0.05, 0.1) is 0 Å². The van der Waals surface area contributed by atoms with E-state index in [2.05, 4.69) is 24.5 Å². The van der Waals surface area contributed by atoms with E-state index < -0.39 is 0 Å². The van der Waals surface area contributed by atoms with Crippen molar-refractivity contribution >= 4 is 5.91 Å². The Bertz CT molecular complexity index is 230. The van der Waals surface area contributed by atoms with Crippen LogP contribution in [0.3, 0.4) is 0 Å². The maximum atomic E-state index is 12.1. The molecule has 16 heavy (non-hydrogen) atoms.